The zero-order valence-corrected chi connectivity index (χ0v) is 17.7. The Morgan fingerprint density at radius 1 is 1.14 bits per heavy atom. The van der Waals surface area contributed by atoms with Crippen molar-refractivity contribution in [1.29, 1.82) is 0 Å². The number of nitrogens with zero attached hydrogens (tertiary/aromatic N) is 5. The molecule has 0 saturated carbocycles. The molecule has 1 aliphatic rings. The minimum absolute atomic E-state index is 0.283. The fourth-order valence-corrected chi connectivity index (χ4v) is 4.27. The molecular weight excluding hydrogens is 424 g/mol. The molecule has 1 N–H and O–H groups in total. The van der Waals surface area contributed by atoms with Gasteiger partial charge < -0.3 is 19.7 Å². The lowest BCUT2D eigenvalue weighted by Crippen LogP contribution is -2.42. The highest BCUT2D eigenvalue weighted by Gasteiger charge is 2.25. The second-order valence-electron chi connectivity index (χ2n) is 6.84. The van der Waals surface area contributed by atoms with Crippen LogP contribution >= 0.6 is 15.9 Å². The molecule has 9 heteroatoms. The topological polar surface area (TPSA) is 77.3 Å². The maximum absolute atomic E-state index is 5.38. The maximum atomic E-state index is 5.38. The van der Waals surface area contributed by atoms with Gasteiger partial charge in [-0.1, -0.05) is 0 Å². The van der Waals surface area contributed by atoms with Crippen molar-refractivity contribution in [3.05, 3.63) is 29.1 Å². The molecule has 1 atom stereocenters. The fraction of sp³-hybridized carbons (Fsp3) is 0.421. The summed E-state index contributed by atoms with van der Waals surface area (Å²) in [5.74, 6) is 2.46. The summed E-state index contributed by atoms with van der Waals surface area (Å²) in [7, 11) is 5.21. The first-order valence-corrected chi connectivity index (χ1v) is 9.96. The number of aryl methyl sites for hydroxylation is 1. The van der Waals surface area contributed by atoms with Gasteiger partial charge in [-0.3, -0.25) is 0 Å². The third kappa shape index (κ3) is 3.58. The highest BCUT2D eigenvalue weighted by atomic mass is 79.9. The monoisotopic (exact) mass is 446 g/mol. The standard InChI is InChI=1S/C19H23BrN6O2/c1-25-18-16(17(20)24-25)19(22-11-21-18)26-6-4-5-12(10-26)23-13-7-14(27-2)9-15(8-13)28-3/h7-9,11-12,23H,4-6,10H2,1-3H3. The van der Waals surface area contributed by atoms with E-state index < -0.39 is 0 Å². The van der Waals surface area contributed by atoms with Gasteiger partial charge in [-0.15, -0.1) is 0 Å². The summed E-state index contributed by atoms with van der Waals surface area (Å²) < 4.78 is 13.3. The van der Waals surface area contributed by atoms with E-state index >= 15 is 0 Å². The number of benzene rings is 1. The molecule has 0 spiro atoms. The number of ether oxygens (including phenoxy) is 2. The van der Waals surface area contributed by atoms with Crippen LogP contribution in [0.15, 0.2) is 29.1 Å². The van der Waals surface area contributed by atoms with Crippen molar-refractivity contribution in [2.75, 3.05) is 37.5 Å². The molecule has 148 valence electrons. The van der Waals surface area contributed by atoms with Gasteiger partial charge in [0.15, 0.2) is 5.65 Å². The summed E-state index contributed by atoms with van der Waals surface area (Å²) in [5.41, 5.74) is 1.81. The van der Waals surface area contributed by atoms with Crippen LogP contribution in [0.3, 0.4) is 0 Å². The van der Waals surface area contributed by atoms with Crippen molar-refractivity contribution in [3.63, 3.8) is 0 Å². The minimum Gasteiger partial charge on any atom is -0.497 e. The quantitative estimate of drug-likeness (QED) is 0.644. The third-order valence-corrected chi connectivity index (χ3v) is 5.56. The van der Waals surface area contributed by atoms with Crippen LogP contribution in [-0.4, -0.2) is 53.1 Å². The van der Waals surface area contributed by atoms with E-state index in [0.717, 1.165) is 64.6 Å². The number of fused-ring (bicyclic) bond motifs is 1. The van der Waals surface area contributed by atoms with Gasteiger partial charge in [0, 0.05) is 50.1 Å². The summed E-state index contributed by atoms with van der Waals surface area (Å²) in [6.07, 6.45) is 3.76. The van der Waals surface area contributed by atoms with Crippen molar-refractivity contribution >= 4 is 38.5 Å². The van der Waals surface area contributed by atoms with Crippen LogP contribution in [0, 0.1) is 0 Å². The zero-order valence-electron chi connectivity index (χ0n) is 16.1. The Balaban J connectivity index is 1.58. The van der Waals surface area contributed by atoms with Crippen LogP contribution in [0.1, 0.15) is 12.8 Å². The number of aromatic nitrogens is 4. The Labute approximate surface area is 172 Å². The van der Waals surface area contributed by atoms with Crippen molar-refractivity contribution in [2.24, 2.45) is 7.05 Å². The van der Waals surface area contributed by atoms with Crippen LogP contribution in [0.5, 0.6) is 11.5 Å². The van der Waals surface area contributed by atoms with Gasteiger partial charge >= 0.3 is 0 Å². The molecule has 8 nitrogen and oxygen atoms in total. The number of nitrogens with one attached hydrogen (secondary N) is 1. The second-order valence-corrected chi connectivity index (χ2v) is 7.59. The van der Waals surface area contributed by atoms with E-state index in [0.29, 0.717) is 0 Å². The van der Waals surface area contributed by atoms with Crippen molar-refractivity contribution in [2.45, 2.75) is 18.9 Å². The summed E-state index contributed by atoms with van der Waals surface area (Å²) in [5, 5.41) is 9.00. The molecule has 0 amide bonds. The fourth-order valence-electron chi connectivity index (χ4n) is 3.68. The number of halogens is 1. The molecule has 0 bridgehead atoms. The first-order valence-electron chi connectivity index (χ1n) is 9.17. The Morgan fingerprint density at radius 2 is 1.89 bits per heavy atom. The SMILES string of the molecule is COc1cc(NC2CCCN(c3ncnc4c3c(Br)nn4C)C2)cc(OC)c1. The molecule has 0 radical (unpaired) electrons. The average Bonchev–Trinajstić information content (AvgIpc) is 3.01. The molecule has 1 aromatic carbocycles. The molecule has 3 heterocycles. The normalized spacial score (nSPS) is 17.0. The van der Waals surface area contributed by atoms with E-state index in [9.17, 15) is 0 Å². The minimum atomic E-state index is 0.283. The van der Waals surface area contributed by atoms with Gasteiger partial charge in [-0.2, -0.15) is 5.10 Å². The highest BCUT2D eigenvalue weighted by Crippen LogP contribution is 2.32. The maximum Gasteiger partial charge on any atom is 0.164 e. The van der Waals surface area contributed by atoms with E-state index in [1.54, 1.807) is 25.2 Å². The van der Waals surface area contributed by atoms with E-state index in [2.05, 4.69) is 41.2 Å². The Bertz CT molecular complexity index is 970. The van der Waals surface area contributed by atoms with Crippen LogP contribution in [0.25, 0.3) is 11.0 Å². The summed E-state index contributed by atoms with van der Waals surface area (Å²) in [4.78, 5) is 11.2. The molecule has 28 heavy (non-hydrogen) atoms. The molecule has 1 unspecified atom stereocenters. The summed E-state index contributed by atoms with van der Waals surface area (Å²) in [6, 6.07) is 6.13. The van der Waals surface area contributed by atoms with Gasteiger partial charge in [-0.25, -0.2) is 14.6 Å². The number of methoxy groups -OCH3 is 2. The lowest BCUT2D eigenvalue weighted by molar-refractivity contribution is 0.394. The van der Waals surface area contributed by atoms with E-state index in [1.165, 1.54) is 0 Å². The molecule has 4 rings (SSSR count). The molecule has 0 aliphatic carbocycles. The number of piperidine rings is 1. The molecule has 2 aromatic heterocycles. The molecule has 1 saturated heterocycles. The average molecular weight is 447 g/mol. The number of rotatable bonds is 5. The van der Waals surface area contributed by atoms with Gasteiger partial charge in [0.1, 0.15) is 28.2 Å². The molecule has 1 aliphatic heterocycles. The van der Waals surface area contributed by atoms with Gasteiger partial charge in [-0.05, 0) is 28.8 Å². The molecule has 1 fully saturated rings. The number of hydrogen-bond acceptors (Lipinski definition) is 7. The predicted molar refractivity (Wildman–Crippen MR) is 112 cm³/mol. The smallest absolute Gasteiger partial charge is 0.164 e. The summed E-state index contributed by atoms with van der Waals surface area (Å²) in [6.45, 7) is 1.79. The number of hydrogen-bond donors (Lipinski definition) is 1. The van der Waals surface area contributed by atoms with Crippen LogP contribution in [-0.2, 0) is 7.05 Å². The van der Waals surface area contributed by atoms with Crippen LogP contribution in [0.2, 0.25) is 0 Å². The lowest BCUT2D eigenvalue weighted by atomic mass is 10.0. The molecule has 3 aromatic rings. The molecular formula is C19H23BrN6O2. The van der Waals surface area contributed by atoms with Crippen LogP contribution < -0.4 is 19.7 Å². The van der Waals surface area contributed by atoms with Crippen molar-refractivity contribution < 1.29 is 9.47 Å². The number of anilines is 2. The Hall–Kier alpha value is -2.55. The Morgan fingerprint density at radius 3 is 2.61 bits per heavy atom. The summed E-state index contributed by atoms with van der Waals surface area (Å²) >= 11 is 3.55. The predicted octanol–water partition coefficient (Wildman–Crippen LogP) is 3.22. The van der Waals surface area contributed by atoms with Gasteiger partial charge in [0.05, 0.1) is 19.6 Å². The largest absolute Gasteiger partial charge is 0.497 e. The van der Waals surface area contributed by atoms with Crippen molar-refractivity contribution in [1.82, 2.24) is 19.7 Å². The van der Waals surface area contributed by atoms with E-state index in [4.69, 9.17) is 9.47 Å². The van der Waals surface area contributed by atoms with Crippen LogP contribution in [0.4, 0.5) is 11.5 Å². The van der Waals surface area contributed by atoms with Crippen molar-refractivity contribution in [3.8, 4) is 11.5 Å². The highest BCUT2D eigenvalue weighted by molar-refractivity contribution is 9.10. The van der Waals surface area contributed by atoms with Gasteiger partial charge in [0.25, 0.3) is 0 Å². The van der Waals surface area contributed by atoms with E-state index in [-0.39, 0.29) is 6.04 Å². The second kappa shape index (κ2) is 7.83. The lowest BCUT2D eigenvalue weighted by Gasteiger charge is -2.34. The third-order valence-electron chi connectivity index (χ3n) is 5.00. The first kappa shape index (κ1) is 18.8. The zero-order chi connectivity index (χ0) is 19.7. The first-order chi connectivity index (χ1) is 13.6. The van der Waals surface area contributed by atoms with Gasteiger partial charge in [0.2, 0.25) is 0 Å². The Kier molecular flexibility index (Phi) is 5.25. The van der Waals surface area contributed by atoms with E-state index in [1.807, 2.05) is 25.2 Å².